The van der Waals surface area contributed by atoms with Gasteiger partial charge in [-0.2, -0.15) is 8.42 Å². The molecule has 0 spiro atoms. The van der Waals surface area contributed by atoms with Gasteiger partial charge in [-0.1, -0.05) is 39.0 Å². The van der Waals surface area contributed by atoms with E-state index in [2.05, 4.69) is 28.3 Å². The lowest BCUT2D eigenvalue weighted by molar-refractivity contribution is 0.131. The average molecular weight is 569 g/mol. The third-order valence-corrected chi connectivity index (χ3v) is 9.71. The fraction of sp³-hybridized carbons (Fsp3) is 0.458. The topological polar surface area (TPSA) is 148 Å². The van der Waals surface area contributed by atoms with E-state index in [1.807, 2.05) is 37.3 Å². The quantitative estimate of drug-likeness (QED) is 0.379. The predicted octanol–water partition coefficient (Wildman–Crippen LogP) is 3.40. The molecule has 0 bridgehead atoms. The summed E-state index contributed by atoms with van der Waals surface area (Å²) in [5.41, 5.74) is 0.208. The normalized spacial score (nSPS) is 23.6. The maximum atomic E-state index is 13.3. The van der Waals surface area contributed by atoms with Crippen LogP contribution in [-0.4, -0.2) is 51.9 Å². The third kappa shape index (κ3) is 5.70. The summed E-state index contributed by atoms with van der Waals surface area (Å²) in [7, 11) is -7.80. The number of aliphatic hydroxyl groups excluding tert-OH is 2. The van der Waals surface area contributed by atoms with Crippen LogP contribution in [0, 0.1) is 11.3 Å². The summed E-state index contributed by atoms with van der Waals surface area (Å²) in [6, 6.07) is 9.24. The summed E-state index contributed by atoms with van der Waals surface area (Å²) in [6.07, 6.45) is 1.06. The van der Waals surface area contributed by atoms with E-state index in [4.69, 9.17) is 0 Å². The van der Waals surface area contributed by atoms with Crippen molar-refractivity contribution in [2.45, 2.75) is 51.3 Å². The van der Waals surface area contributed by atoms with E-state index in [9.17, 15) is 27.0 Å². The molecular weight excluding hydrogens is 536 g/mol. The second-order valence-corrected chi connectivity index (χ2v) is 14.4. The molecule has 0 aliphatic carbocycles. The molecule has 0 amide bonds. The first-order valence-corrected chi connectivity index (χ1v) is 16.0. The third-order valence-electron chi connectivity index (χ3n) is 6.56. The first kappa shape index (κ1) is 27.6. The molecular formula is C24H32N4O6S3. The highest BCUT2D eigenvalue weighted by Crippen LogP contribution is 2.44. The Balaban J connectivity index is 1.79. The fourth-order valence-corrected chi connectivity index (χ4v) is 7.56. The van der Waals surface area contributed by atoms with Crippen molar-refractivity contribution < 1.29 is 27.0 Å². The summed E-state index contributed by atoms with van der Waals surface area (Å²) in [4.78, 5) is 1.61. The Bertz CT molecular complexity index is 1450. The Hall–Kier alpha value is -2.45. The molecule has 3 heterocycles. The van der Waals surface area contributed by atoms with Gasteiger partial charge in [0.25, 0.3) is 10.0 Å². The molecule has 2 aliphatic heterocycles. The SMILES string of the molecule is CC(C)CCC1(C)CN(c2ccccc2)C(O)C(C2=NS(=O)(=O)c3c(CNS(C)(=O)=O)csc3N2)=C1O. The summed E-state index contributed by atoms with van der Waals surface area (Å²) in [5.74, 6) is 0.120. The number of benzene rings is 1. The lowest BCUT2D eigenvalue weighted by Crippen LogP contribution is -2.52. The number of nitrogens with one attached hydrogen (secondary N) is 2. The summed E-state index contributed by atoms with van der Waals surface area (Å²) >= 11 is 1.08. The van der Waals surface area contributed by atoms with Gasteiger partial charge >= 0.3 is 0 Å². The Kier molecular flexibility index (Phi) is 7.47. The molecule has 4 N–H and O–H groups in total. The number of hydrogen-bond donors (Lipinski definition) is 4. The van der Waals surface area contributed by atoms with Gasteiger partial charge in [-0.25, -0.2) is 13.1 Å². The van der Waals surface area contributed by atoms with Crippen molar-refractivity contribution >= 4 is 47.9 Å². The zero-order valence-corrected chi connectivity index (χ0v) is 23.5. The van der Waals surface area contributed by atoms with Gasteiger partial charge in [-0.05, 0) is 36.3 Å². The lowest BCUT2D eigenvalue weighted by atomic mass is 9.76. The Morgan fingerprint density at radius 2 is 1.97 bits per heavy atom. The number of amidine groups is 1. The molecule has 4 rings (SSSR count). The molecule has 10 nitrogen and oxygen atoms in total. The van der Waals surface area contributed by atoms with Gasteiger partial charge in [0.05, 0.1) is 11.8 Å². The van der Waals surface area contributed by atoms with E-state index in [0.717, 1.165) is 29.7 Å². The number of aliphatic hydroxyl groups is 2. The van der Waals surface area contributed by atoms with Crippen molar-refractivity contribution in [1.29, 1.82) is 0 Å². The van der Waals surface area contributed by atoms with E-state index < -0.39 is 31.7 Å². The van der Waals surface area contributed by atoms with Crippen molar-refractivity contribution in [3.05, 3.63) is 52.6 Å². The second-order valence-electron chi connectivity index (χ2n) is 10.1. The highest BCUT2D eigenvalue weighted by molar-refractivity contribution is 7.91. The average Bonchev–Trinajstić information content (AvgIpc) is 3.23. The zero-order chi connectivity index (χ0) is 27.2. The standard InChI is InChI=1S/C24H32N4O6S3/c1-15(2)10-11-24(3)14-28(17-8-6-5-7-9-17)23(30)18(20(24)29)21-26-22-19(37(33,34)27-21)16(13-35-22)12-25-36(4,31)32/h5-9,13,15,23,25,29-30H,10-12,14H2,1-4H3,(H,26,27). The number of anilines is 2. The van der Waals surface area contributed by atoms with E-state index >= 15 is 0 Å². The van der Waals surface area contributed by atoms with Gasteiger partial charge < -0.3 is 20.4 Å². The second kappa shape index (κ2) is 10.0. The van der Waals surface area contributed by atoms with Crippen LogP contribution < -0.4 is 14.9 Å². The van der Waals surface area contributed by atoms with Crippen LogP contribution in [0.15, 0.2) is 56.3 Å². The molecule has 0 fully saturated rings. The van der Waals surface area contributed by atoms with Gasteiger partial charge in [0.1, 0.15) is 15.7 Å². The van der Waals surface area contributed by atoms with Crippen molar-refractivity contribution in [3.8, 4) is 0 Å². The number of thiophene rings is 1. The van der Waals surface area contributed by atoms with Crippen LogP contribution >= 0.6 is 11.3 Å². The van der Waals surface area contributed by atoms with Crippen molar-refractivity contribution in [2.24, 2.45) is 15.7 Å². The van der Waals surface area contributed by atoms with Crippen molar-refractivity contribution in [2.75, 3.05) is 23.0 Å². The van der Waals surface area contributed by atoms with E-state index in [-0.39, 0.29) is 39.2 Å². The first-order chi connectivity index (χ1) is 17.2. The minimum Gasteiger partial charge on any atom is -0.511 e. The van der Waals surface area contributed by atoms with Crippen LogP contribution in [0.4, 0.5) is 10.7 Å². The molecule has 1 aromatic carbocycles. The molecule has 0 saturated carbocycles. The van der Waals surface area contributed by atoms with Gasteiger partial charge in [-0.15, -0.1) is 15.7 Å². The van der Waals surface area contributed by atoms with Gasteiger partial charge in [0.15, 0.2) is 12.1 Å². The highest BCUT2D eigenvalue weighted by Gasteiger charge is 2.45. The van der Waals surface area contributed by atoms with Crippen molar-refractivity contribution in [3.63, 3.8) is 0 Å². The molecule has 1 aromatic heterocycles. The van der Waals surface area contributed by atoms with Crippen LogP contribution in [0.1, 0.15) is 39.2 Å². The van der Waals surface area contributed by atoms with Crippen molar-refractivity contribution in [1.82, 2.24) is 4.72 Å². The number of para-hydroxylation sites is 1. The Morgan fingerprint density at radius 3 is 2.59 bits per heavy atom. The largest absolute Gasteiger partial charge is 0.511 e. The van der Waals surface area contributed by atoms with E-state index in [1.54, 1.807) is 10.3 Å². The van der Waals surface area contributed by atoms with Gasteiger partial charge in [0.2, 0.25) is 10.0 Å². The van der Waals surface area contributed by atoms with Gasteiger partial charge in [0, 0.05) is 29.8 Å². The smallest absolute Gasteiger partial charge is 0.287 e. The minimum absolute atomic E-state index is 0.000190. The van der Waals surface area contributed by atoms with Gasteiger partial charge in [-0.3, -0.25) is 0 Å². The van der Waals surface area contributed by atoms with E-state index in [1.165, 1.54) is 0 Å². The number of nitrogens with zero attached hydrogens (tertiary/aromatic N) is 2. The highest BCUT2D eigenvalue weighted by atomic mass is 32.2. The molecule has 37 heavy (non-hydrogen) atoms. The van der Waals surface area contributed by atoms with Crippen LogP contribution in [-0.2, 0) is 26.6 Å². The molecule has 2 atom stereocenters. The lowest BCUT2D eigenvalue weighted by Gasteiger charge is -2.45. The number of fused-ring (bicyclic) bond motifs is 1. The first-order valence-electron chi connectivity index (χ1n) is 11.8. The van der Waals surface area contributed by atoms with Crippen LogP contribution in [0.5, 0.6) is 0 Å². The molecule has 2 aliphatic rings. The summed E-state index contributed by atoms with van der Waals surface area (Å²) in [6.45, 7) is 6.20. The molecule has 2 unspecified atom stereocenters. The molecule has 0 radical (unpaired) electrons. The number of rotatable bonds is 8. The predicted molar refractivity (Wildman–Crippen MR) is 146 cm³/mol. The van der Waals surface area contributed by atoms with Crippen LogP contribution in [0.25, 0.3) is 0 Å². The summed E-state index contributed by atoms with van der Waals surface area (Å²) in [5, 5.41) is 27.7. The number of hydrogen-bond acceptors (Lipinski definition) is 9. The molecule has 13 heteroatoms. The van der Waals surface area contributed by atoms with E-state index in [0.29, 0.717) is 18.9 Å². The maximum absolute atomic E-state index is 13.3. The van der Waals surface area contributed by atoms with Crippen LogP contribution in [0.2, 0.25) is 0 Å². The summed E-state index contributed by atoms with van der Waals surface area (Å²) < 4.78 is 55.9. The Morgan fingerprint density at radius 1 is 1.30 bits per heavy atom. The Labute approximate surface area is 221 Å². The zero-order valence-electron chi connectivity index (χ0n) is 21.1. The minimum atomic E-state index is -4.26. The molecule has 202 valence electrons. The fourth-order valence-electron chi connectivity index (χ4n) is 4.53. The van der Waals surface area contributed by atoms with Crippen LogP contribution in [0.3, 0.4) is 0 Å². The monoisotopic (exact) mass is 568 g/mol. The maximum Gasteiger partial charge on any atom is 0.287 e. The molecule has 0 saturated heterocycles. The molecule has 2 aromatic rings. The number of sulfonamides is 2.